The van der Waals surface area contributed by atoms with Gasteiger partial charge >= 0.3 is 0 Å². The minimum atomic E-state index is -0.207. The van der Waals surface area contributed by atoms with Gasteiger partial charge in [0, 0.05) is 37.7 Å². The van der Waals surface area contributed by atoms with Crippen LogP contribution in [0.15, 0.2) is 53.7 Å². The van der Waals surface area contributed by atoms with E-state index in [9.17, 15) is 9.90 Å². The quantitative estimate of drug-likeness (QED) is 0.208. The third kappa shape index (κ3) is 6.03. The number of thiocarbonyl (C=S) groups is 1. The van der Waals surface area contributed by atoms with Crippen molar-refractivity contribution in [2.24, 2.45) is 12.0 Å². The molecule has 0 spiro atoms. The van der Waals surface area contributed by atoms with Crippen LogP contribution in [0.3, 0.4) is 0 Å². The fraction of sp³-hybridized carbons (Fsp3) is 0.455. The Bertz CT molecular complexity index is 1600. The molecule has 3 aliphatic heterocycles. The Morgan fingerprint density at radius 1 is 1.14 bits per heavy atom. The lowest BCUT2D eigenvalue weighted by molar-refractivity contribution is -0.888. The van der Waals surface area contributed by atoms with E-state index in [0.29, 0.717) is 18.7 Å². The number of aryl methyl sites for hydroxylation is 2. The van der Waals surface area contributed by atoms with E-state index in [1.54, 1.807) is 15.8 Å². The van der Waals surface area contributed by atoms with E-state index < -0.39 is 0 Å². The van der Waals surface area contributed by atoms with E-state index in [4.69, 9.17) is 12.2 Å². The minimum Gasteiger partial charge on any atom is -0.846 e. The summed E-state index contributed by atoms with van der Waals surface area (Å²) in [6, 6.07) is 13.2. The summed E-state index contributed by atoms with van der Waals surface area (Å²) in [6.07, 6.45) is 4.72. The molecule has 0 bridgehead atoms. The zero-order valence-electron chi connectivity index (χ0n) is 26.1. The summed E-state index contributed by atoms with van der Waals surface area (Å²) in [4.78, 5) is 25.2. The molecule has 2 aromatic carbocycles. The van der Waals surface area contributed by atoms with Crippen molar-refractivity contribution in [3.63, 3.8) is 0 Å². The number of carbonyl (C=O) groups excluding carboxylic acids is 1. The predicted molar refractivity (Wildman–Crippen MR) is 176 cm³/mol. The second-order valence-electron chi connectivity index (χ2n) is 12.8. The predicted octanol–water partition coefficient (Wildman–Crippen LogP) is 3.42. The Hall–Kier alpha value is -3.96. The zero-order chi connectivity index (χ0) is 31.0. The molecular formula is C33H42N8O2S. The van der Waals surface area contributed by atoms with Gasteiger partial charge in [-0.25, -0.2) is 0 Å². The molecule has 10 nitrogen and oxygen atoms in total. The van der Waals surface area contributed by atoms with Gasteiger partial charge in [0.05, 0.1) is 76.5 Å². The van der Waals surface area contributed by atoms with Crippen molar-refractivity contribution in [2.45, 2.75) is 45.3 Å². The number of rotatable bonds is 4. The molecule has 3 aliphatic rings. The molecule has 0 unspecified atom stereocenters. The Labute approximate surface area is 265 Å². The molecule has 1 aromatic heterocycles. The molecule has 0 saturated carbocycles. The standard InChI is InChI=1S/C33H42N8O2S/c1-23-19-24(31(42)40-22-26-21-35-37(2)30(26)36-27-9-5-6-10-28(27)40)12-13-25(23)20-34-33(43)39-15-7-11-29(39)32(44)38-14-8-17-41(3,4)18-16-38/h5-6,9-10,12-13,19,21,29H,7-8,11,14-18,20,22H2,1-4H3,(H-,34,35,36,43)/t29-/m0/s1. The van der Waals surface area contributed by atoms with Crippen molar-refractivity contribution >= 4 is 46.3 Å². The maximum atomic E-state index is 13.9. The highest BCUT2D eigenvalue weighted by molar-refractivity contribution is 7.80. The molecule has 0 aliphatic carbocycles. The Balaban J connectivity index is 1.15. The maximum Gasteiger partial charge on any atom is 0.258 e. The Morgan fingerprint density at radius 2 is 1.95 bits per heavy atom. The molecule has 4 heterocycles. The first-order chi connectivity index (χ1) is 21.1. The molecule has 2 fully saturated rings. The number of fused-ring (bicyclic) bond motifs is 2. The lowest BCUT2D eigenvalue weighted by Crippen LogP contribution is -2.51. The number of anilines is 3. The first-order valence-corrected chi connectivity index (χ1v) is 15.9. The average molecular weight is 615 g/mol. The van der Waals surface area contributed by atoms with Crippen LogP contribution in [0.1, 0.15) is 46.3 Å². The fourth-order valence-corrected chi connectivity index (χ4v) is 6.96. The Kier molecular flexibility index (Phi) is 8.34. The van der Waals surface area contributed by atoms with Gasteiger partial charge in [0.2, 0.25) is 0 Å². The van der Waals surface area contributed by atoms with Crippen LogP contribution in [-0.2, 0) is 20.1 Å². The van der Waals surface area contributed by atoms with E-state index >= 15 is 0 Å². The van der Waals surface area contributed by atoms with Gasteiger partial charge in [-0.2, -0.15) is 5.10 Å². The number of nitrogens with one attached hydrogen (secondary N) is 1. The summed E-state index contributed by atoms with van der Waals surface area (Å²) in [5, 5.41) is 21.2. The van der Waals surface area contributed by atoms with Crippen LogP contribution < -0.4 is 15.3 Å². The van der Waals surface area contributed by atoms with Crippen LogP contribution in [0.5, 0.6) is 0 Å². The SMILES string of the molecule is Cc1cc(C(=O)N2Cc3cnn(C)c3Nc3ccccc32)ccc1CN=C([O-])N1CCC[C@H]1C(=S)N1CCC[N+](C)(C)CC1. The second kappa shape index (κ2) is 12.2. The van der Waals surface area contributed by atoms with E-state index in [1.807, 2.05) is 61.3 Å². The maximum absolute atomic E-state index is 13.9. The molecule has 11 heteroatoms. The lowest BCUT2D eigenvalue weighted by Gasteiger charge is -2.36. The third-order valence-electron chi connectivity index (χ3n) is 9.27. The topological polar surface area (TPSA) is 92.1 Å². The van der Waals surface area contributed by atoms with Crippen molar-refractivity contribution in [2.75, 3.05) is 57.0 Å². The van der Waals surface area contributed by atoms with Gasteiger partial charge in [-0.3, -0.25) is 14.5 Å². The first-order valence-electron chi connectivity index (χ1n) is 15.5. The molecule has 6 rings (SSSR count). The third-order valence-corrected chi connectivity index (χ3v) is 9.80. The van der Waals surface area contributed by atoms with Crippen molar-refractivity contribution in [1.29, 1.82) is 0 Å². The summed E-state index contributed by atoms with van der Waals surface area (Å²) < 4.78 is 2.79. The minimum absolute atomic E-state index is 0.0672. The number of likely N-dealkylation sites (N-methyl/N-ethyl adjacent to an activating group) is 1. The van der Waals surface area contributed by atoms with Gasteiger partial charge in [0.15, 0.2) is 0 Å². The van der Waals surface area contributed by atoms with Crippen molar-refractivity contribution in [3.05, 3.63) is 70.9 Å². The van der Waals surface area contributed by atoms with Gasteiger partial charge in [-0.05, 0) is 55.2 Å². The molecule has 3 aromatic rings. The number of amidine groups is 1. The summed E-state index contributed by atoms with van der Waals surface area (Å²) >= 11 is 5.95. The summed E-state index contributed by atoms with van der Waals surface area (Å²) in [5.74, 6) is 0.781. The van der Waals surface area contributed by atoms with E-state index in [0.717, 1.165) is 88.8 Å². The summed E-state index contributed by atoms with van der Waals surface area (Å²) in [7, 11) is 6.42. The van der Waals surface area contributed by atoms with Crippen molar-refractivity contribution < 1.29 is 14.4 Å². The number of para-hydroxylation sites is 2. The van der Waals surface area contributed by atoms with Gasteiger partial charge in [-0.15, -0.1) is 0 Å². The largest absolute Gasteiger partial charge is 0.846 e. The monoisotopic (exact) mass is 614 g/mol. The van der Waals surface area contributed by atoms with Crippen molar-refractivity contribution in [1.82, 2.24) is 19.6 Å². The van der Waals surface area contributed by atoms with Gasteiger partial charge in [-0.1, -0.05) is 30.4 Å². The first kappa shape index (κ1) is 30.1. The summed E-state index contributed by atoms with van der Waals surface area (Å²) in [6.45, 7) is 7.38. The number of carbonyl (C=O) groups is 1. The highest BCUT2D eigenvalue weighted by Crippen LogP contribution is 2.36. The zero-order valence-corrected chi connectivity index (χ0v) is 26.9. The van der Waals surface area contributed by atoms with Crippen LogP contribution in [-0.4, -0.2) is 93.8 Å². The molecule has 1 atom stereocenters. The average Bonchev–Trinajstić information content (AvgIpc) is 3.53. The number of aromatic nitrogens is 2. The van der Waals surface area contributed by atoms with Crippen LogP contribution in [0.25, 0.3) is 0 Å². The van der Waals surface area contributed by atoms with Crippen molar-refractivity contribution in [3.8, 4) is 0 Å². The van der Waals surface area contributed by atoms with E-state index in [2.05, 4.69) is 34.4 Å². The second-order valence-corrected chi connectivity index (χ2v) is 13.2. The number of aliphatic imine (C=N–C) groups is 1. The molecule has 1 amide bonds. The van der Waals surface area contributed by atoms with Gasteiger partial charge in [0.1, 0.15) is 10.8 Å². The molecule has 232 valence electrons. The van der Waals surface area contributed by atoms with E-state index in [-0.39, 0.29) is 24.5 Å². The number of hydrogen-bond acceptors (Lipinski definition) is 6. The normalized spacial score (nSPS) is 20.0. The molecule has 0 radical (unpaired) electrons. The molecule has 2 saturated heterocycles. The number of likely N-dealkylation sites (tertiary alicyclic amines) is 1. The van der Waals surface area contributed by atoms with Crippen LogP contribution >= 0.6 is 12.2 Å². The number of benzene rings is 2. The smallest absolute Gasteiger partial charge is 0.258 e. The number of nitrogens with zero attached hydrogens (tertiary/aromatic N) is 7. The highest BCUT2D eigenvalue weighted by atomic mass is 32.1. The van der Waals surface area contributed by atoms with Crippen LogP contribution in [0.4, 0.5) is 17.2 Å². The summed E-state index contributed by atoms with van der Waals surface area (Å²) in [5.41, 5.74) is 5.05. The molecular weight excluding hydrogens is 572 g/mol. The van der Waals surface area contributed by atoms with Gasteiger partial charge in [0.25, 0.3) is 5.91 Å². The molecule has 1 N–H and O–H groups in total. The van der Waals surface area contributed by atoms with E-state index in [1.165, 1.54) is 0 Å². The van der Waals surface area contributed by atoms with Gasteiger partial charge < -0.3 is 29.6 Å². The number of hydrogen-bond donors (Lipinski definition) is 1. The number of quaternary nitrogens is 1. The highest BCUT2D eigenvalue weighted by Gasteiger charge is 2.33. The molecule has 44 heavy (non-hydrogen) atoms. The van der Waals surface area contributed by atoms with Crippen LogP contribution in [0.2, 0.25) is 0 Å². The van der Waals surface area contributed by atoms with Crippen LogP contribution in [0, 0.1) is 6.92 Å². The fourth-order valence-electron chi connectivity index (χ4n) is 6.53. The number of amides is 1. The Morgan fingerprint density at radius 3 is 2.77 bits per heavy atom. The lowest BCUT2D eigenvalue weighted by atomic mass is 10.0.